The van der Waals surface area contributed by atoms with Crippen molar-refractivity contribution < 1.29 is 0 Å². The number of hydrogen-bond donors (Lipinski definition) is 1. The van der Waals surface area contributed by atoms with Gasteiger partial charge in [-0.3, -0.25) is 4.98 Å². The zero-order valence-corrected chi connectivity index (χ0v) is 11.3. The SMILES string of the molecule is NCc1ccc(N2CCN(c3ncccn3)CC2)cn1. The van der Waals surface area contributed by atoms with E-state index in [9.17, 15) is 0 Å². The Morgan fingerprint density at radius 3 is 2.25 bits per heavy atom. The lowest BCUT2D eigenvalue weighted by Gasteiger charge is -2.35. The van der Waals surface area contributed by atoms with E-state index in [1.54, 1.807) is 12.4 Å². The zero-order valence-electron chi connectivity index (χ0n) is 11.3. The molecule has 1 saturated heterocycles. The molecular weight excluding hydrogens is 252 g/mol. The molecule has 0 unspecified atom stereocenters. The second-order valence-electron chi connectivity index (χ2n) is 4.73. The molecule has 0 saturated carbocycles. The van der Waals surface area contributed by atoms with Gasteiger partial charge in [0.15, 0.2) is 0 Å². The van der Waals surface area contributed by atoms with Crippen LogP contribution in [0.2, 0.25) is 0 Å². The Bertz CT molecular complexity index is 533. The predicted octanol–water partition coefficient (Wildman–Crippen LogP) is 0.657. The van der Waals surface area contributed by atoms with E-state index in [1.807, 2.05) is 18.3 Å². The van der Waals surface area contributed by atoms with E-state index in [0.717, 1.165) is 43.5 Å². The van der Waals surface area contributed by atoms with E-state index in [-0.39, 0.29) is 0 Å². The summed E-state index contributed by atoms with van der Waals surface area (Å²) >= 11 is 0. The van der Waals surface area contributed by atoms with Crippen LogP contribution < -0.4 is 15.5 Å². The van der Waals surface area contributed by atoms with Crippen LogP contribution in [-0.2, 0) is 6.54 Å². The Kier molecular flexibility index (Phi) is 3.73. The number of piperazine rings is 1. The maximum atomic E-state index is 5.56. The summed E-state index contributed by atoms with van der Waals surface area (Å²) in [5, 5.41) is 0. The van der Waals surface area contributed by atoms with Crippen molar-refractivity contribution in [2.45, 2.75) is 6.54 Å². The van der Waals surface area contributed by atoms with Gasteiger partial charge in [-0.25, -0.2) is 9.97 Å². The lowest BCUT2D eigenvalue weighted by Crippen LogP contribution is -2.47. The van der Waals surface area contributed by atoms with E-state index in [0.29, 0.717) is 6.54 Å². The Labute approximate surface area is 118 Å². The summed E-state index contributed by atoms with van der Waals surface area (Å²) in [4.78, 5) is 17.5. The smallest absolute Gasteiger partial charge is 0.225 e. The number of nitrogens with two attached hydrogens (primary N) is 1. The van der Waals surface area contributed by atoms with E-state index in [2.05, 4.69) is 30.8 Å². The number of nitrogens with zero attached hydrogens (tertiary/aromatic N) is 5. The van der Waals surface area contributed by atoms with Crippen LogP contribution in [0, 0.1) is 0 Å². The highest BCUT2D eigenvalue weighted by Gasteiger charge is 2.18. The molecule has 1 aliphatic rings. The average Bonchev–Trinajstić information content (AvgIpc) is 2.56. The fourth-order valence-electron chi connectivity index (χ4n) is 2.34. The summed E-state index contributed by atoms with van der Waals surface area (Å²) in [7, 11) is 0. The minimum atomic E-state index is 0.486. The topological polar surface area (TPSA) is 71.2 Å². The van der Waals surface area contributed by atoms with E-state index in [1.165, 1.54) is 0 Å². The minimum absolute atomic E-state index is 0.486. The predicted molar refractivity (Wildman–Crippen MR) is 78.6 cm³/mol. The minimum Gasteiger partial charge on any atom is -0.367 e. The van der Waals surface area contributed by atoms with Crippen molar-refractivity contribution in [3.05, 3.63) is 42.5 Å². The average molecular weight is 270 g/mol. The van der Waals surface area contributed by atoms with Crippen molar-refractivity contribution in [2.24, 2.45) is 5.73 Å². The third-order valence-electron chi connectivity index (χ3n) is 3.50. The van der Waals surface area contributed by atoms with Gasteiger partial charge in [-0.2, -0.15) is 0 Å². The molecule has 0 aliphatic carbocycles. The van der Waals surface area contributed by atoms with Crippen LogP contribution in [0.25, 0.3) is 0 Å². The Balaban J connectivity index is 1.63. The molecule has 0 aromatic carbocycles. The third-order valence-corrected chi connectivity index (χ3v) is 3.50. The first kappa shape index (κ1) is 12.8. The van der Waals surface area contributed by atoms with Crippen LogP contribution in [0.4, 0.5) is 11.6 Å². The molecule has 3 heterocycles. The van der Waals surface area contributed by atoms with E-state index in [4.69, 9.17) is 5.73 Å². The van der Waals surface area contributed by atoms with Crippen molar-refractivity contribution in [2.75, 3.05) is 36.0 Å². The quantitative estimate of drug-likeness (QED) is 0.883. The summed E-state index contributed by atoms with van der Waals surface area (Å²) in [5.41, 5.74) is 7.63. The highest BCUT2D eigenvalue weighted by Crippen LogP contribution is 2.17. The van der Waals surface area contributed by atoms with Crippen molar-refractivity contribution in [3.63, 3.8) is 0 Å². The maximum Gasteiger partial charge on any atom is 0.225 e. The highest BCUT2D eigenvalue weighted by molar-refractivity contribution is 5.47. The van der Waals surface area contributed by atoms with Gasteiger partial charge >= 0.3 is 0 Å². The molecule has 1 aliphatic heterocycles. The van der Waals surface area contributed by atoms with E-state index >= 15 is 0 Å². The standard InChI is InChI=1S/C14H18N6/c15-10-12-2-3-13(11-18-12)19-6-8-20(9-7-19)14-16-4-1-5-17-14/h1-5,11H,6-10,15H2. The third kappa shape index (κ3) is 2.70. The van der Waals surface area contributed by atoms with E-state index < -0.39 is 0 Å². The molecule has 0 atom stereocenters. The fourth-order valence-corrected chi connectivity index (χ4v) is 2.34. The summed E-state index contributed by atoms with van der Waals surface area (Å²) in [6.07, 6.45) is 5.46. The van der Waals surface area contributed by atoms with Crippen LogP contribution in [0.1, 0.15) is 5.69 Å². The van der Waals surface area contributed by atoms with Crippen molar-refractivity contribution in [3.8, 4) is 0 Å². The van der Waals surface area contributed by atoms with Gasteiger partial charge in [0, 0.05) is 45.1 Å². The molecule has 20 heavy (non-hydrogen) atoms. The fraction of sp³-hybridized carbons (Fsp3) is 0.357. The summed E-state index contributed by atoms with van der Waals surface area (Å²) in [6, 6.07) is 5.91. The number of aromatic nitrogens is 3. The zero-order chi connectivity index (χ0) is 13.8. The first-order chi connectivity index (χ1) is 9.86. The Morgan fingerprint density at radius 2 is 1.65 bits per heavy atom. The second kappa shape index (κ2) is 5.83. The first-order valence-corrected chi connectivity index (χ1v) is 6.79. The second-order valence-corrected chi connectivity index (χ2v) is 4.73. The normalized spacial score (nSPS) is 15.4. The largest absolute Gasteiger partial charge is 0.367 e. The number of anilines is 2. The van der Waals surface area contributed by atoms with Gasteiger partial charge in [0.2, 0.25) is 5.95 Å². The molecule has 2 N–H and O–H groups in total. The number of hydrogen-bond acceptors (Lipinski definition) is 6. The summed E-state index contributed by atoms with van der Waals surface area (Å²) in [5.74, 6) is 0.809. The van der Waals surface area contributed by atoms with Crippen molar-refractivity contribution >= 4 is 11.6 Å². The Hall–Kier alpha value is -2.21. The molecule has 104 valence electrons. The van der Waals surface area contributed by atoms with Crippen molar-refractivity contribution in [1.29, 1.82) is 0 Å². The van der Waals surface area contributed by atoms with Crippen LogP contribution in [0.3, 0.4) is 0 Å². The lowest BCUT2D eigenvalue weighted by atomic mass is 10.2. The van der Waals surface area contributed by atoms with Crippen LogP contribution in [-0.4, -0.2) is 41.1 Å². The van der Waals surface area contributed by atoms with Gasteiger partial charge in [-0.15, -0.1) is 0 Å². The van der Waals surface area contributed by atoms with Crippen LogP contribution in [0.15, 0.2) is 36.8 Å². The van der Waals surface area contributed by atoms with Gasteiger partial charge in [-0.05, 0) is 18.2 Å². The van der Waals surface area contributed by atoms with Gasteiger partial charge in [0.05, 0.1) is 17.6 Å². The molecule has 0 bridgehead atoms. The Morgan fingerprint density at radius 1 is 0.950 bits per heavy atom. The molecule has 0 spiro atoms. The molecule has 2 aromatic rings. The molecule has 6 nitrogen and oxygen atoms in total. The maximum absolute atomic E-state index is 5.56. The molecular formula is C14H18N6. The van der Waals surface area contributed by atoms with Gasteiger partial charge in [-0.1, -0.05) is 0 Å². The first-order valence-electron chi connectivity index (χ1n) is 6.79. The highest BCUT2D eigenvalue weighted by atomic mass is 15.3. The van der Waals surface area contributed by atoms with Gasteiger partial charge in [0.25, 0.3) is 0 Å². The lowest BCUT2D eigenvalue weighted by molar-refractivity contribution is 0.639. The van der Waals surface area contributed by atoms with Crippen LogP contribution >= 0.6 is 0 Å². The van der Waals surface area contributed by atoms with Crippen LogP contribution in [0.5, 0.6) is 0 Å². The summed E-state index contributed by atoms with van der Waals surface area (Å²) < 4.78 is 0. The molecule has 0 radical (unpaired) electrons. The molecule has 6 heteroatoms. The summed E-state index contributed by atoms with van der Waals surface area (Å²) in [6.45, 7) is 4.22. The number of pyridine rings is 1. The van der Waals surface area contributed by atoms with Crippen molar-refractivity contribution in [1.82, 2.24) is 15.0 Å². The molecule has 3 rings (SSSR count). The molecule has 1 fully saturated rings. The monoisotopic (exact) mass is 270 g/mol. The molecule has 2 aromatic heterocycles. The number of rotatable bonds is 3. The van der Waals surface area contributed by atoms with Gasteiger partial charge in [0.1, 0.15) is 0 Å². The molecule has 0 amide bonds. The van der Waals surface area contributed by atoms with Gasteiger partial charge < -0.3 is 15.5 Å².